The van der Waals surface area contributed by atoms with Crippen molar-refractivity contribution in [2.24, 2.45) is 0 Å². The van der Waals surface area contributed by atoms with Crippen molar-refractivity contribution in [2.75, 3.05) is 20.8 Å². The maximum absolute atomic E-state index is 13.2. The maximum Gasteiger partial charge on any atom is 0.255 e. The largest absolute Gasteiger partial charge is 0.493 e. The van der Waals surface area contributed by atoms with Crippen LogP contribution in [0.2, 0.25) is 0 Å². The normalized spacial score (nSPS) is 10.6. The van der Waals surface area contributed by atoms with Crippen molar-refractivity contribution in [3.8, 4) is 28.4 Å². The van der Waals surface area contributed by atoms with Crippen LogP contribution in [0, 0.1) is 6.92 Å². The van der Waals surface area contributed by atoms with Crippen molar-refractivity contribution in [3.05, 3.63) is 95.7 Å². The highest BCUT2D eigenvalue weighted by atomic mass is 16.5. The molecule has 3 aromatic carbocycles. The number of aryl methyl sites for hydroxylation is 1. The second-order valence-electron chi connectivity index (χ2n) is 7.73. The summed E-state index contributed by atoms with van der Waals surface area (Å²) in [5, 5.41) is 7.77. The van der Waals surface area contributed by atoms with Crippen molar-refractivity contribution >= 4 is 5.91 Å². The number of nitrogens with one attached hydrogen (secondary N) is 1. The highest BCUT2D eigenvalue weighted by Gasteiger charge is 2.18. The number of nitrogens with zero attached hydrogens (tertiary/aromatic N) is 2. The van der Waals surface area contributed by atoms with Crippen LogP contribution in [0.5, 0.6) is 11.5 Å². The zero-order valence-electron chi connectivity index (χ0n) is 19.0. The van der Waals surface area contributed by atoms with Crippen molar-refractivity contribution in [1.29, 1.82) is 0 Å². The third-order valence-corrected chi connectivity index (χ3v) is 5.45. The molecule has 1 amide bonds. The van der Waals surface area contributed by atoms with Gasteiger partial charge in [-0.15, -0.1) is 0 Å². The zero-order valence-corrected chi connectivity index (χ0v) is 19.0. The second kappa shape index (κ2) is 10.0. The Labute approximate surface area is 193 Å². The summed E-state index contributed by atoms with van der Waals surface area (Å²) < 4.78 is 12.4. The topological polar surface area (TPSA) is 65.4 Å². The number of ether oxygens (including phenoxy) is 2. The van der Waals surface area contributed by atoms with Crippen molar-refractivity contribution in [3.63, 3.8) is 0 Å². The first-order chi connectivity index (χ1) is 16.1. The number of para-hydroxylation sites is 1. The molecule has 0 fully saturated rings. The van der Waals surface area contributed by atoms with Crippen LogP contribution in [0.25, 0.3) is 16.9 Å². The Morgan fingerprint density at radius 2 is 1.67 bits per heavy atom. The quantitative estimate of drug-likeness (QED) is 0.425. The molecule has 1 heterocycles. The Morgan fingerprint density at radius 1 is 0.939 bits per heavy atom. The lowest BCUT2D eigenvalue weighted by Gasteiger charge is -2.10. The predicted octanol–water partition coefficient (Wildman–Crippen LogP) is 4.84. The van der Waals surface area contributed by atoms with E-state index in [1.165, 1.54) is 0 Å². The first-order valence-electron chi connectivity index (χ1n) is 10.8. The van der Waals surface area contributed by atoms with Gasteiger partial charge in [-0.2, -0.15) is 5.10 Å². The van der Waals surface area contributed by atoms with Gasteiger partial charge < -0.3 is 14.8 Å². The molecule has 4 rings (SSSR count). The molecule has 1 N–H and O–H groups in total. The lowest BCUT2D eigenvalue weighted by Crippen LogP contribution is -2.25. The van der Waals surface area contributed by atoms with Gasteiger partial charge in [0.25, 0.3) is 5.91 Å². The number of benzene rings is 3. The van der Waals surface area contributed by atoms with Crippen LogP contribution in [0.15, 0.2) is 79.0 Å². The van der Waals surface area contributed by atoms with Crippen LogP contribution in [0.4, 0.5) is 0 Å². The van der Waals surface area contributed by atoms with E-state index in [1.54, 1.807) is 25.1 Å². The zero-order chi connectivity index (χ0) is 23.2. The van der Waals surface area contributed by atoms with Gasteiger partial charge in [-0.25, -0.2) is 4.68 Å². The number of hydrogen-bond donors (Lipinski definition) is 1. The van der Waals surface area contributed by atoms with Gasteiger partial charge in [0.1, 0.15) is 5.69 Å². The number of amides is 1. The predicted molar refractivity (Wildman–Crippen MR) is 129 cm³/mol. The SMILES string of the molecule is COc1ccc(CCNC(=O)c2cn(-c3ccccc3)nc2-c2ccc(C)cc2)cc1OC. The molecule has 33 heavy (non-hydrogen) atoms. The Hall–Kier alpha value is -4.06. The van der Waals surface area contributed by atoms with E-state index in [1.807, 2.05) is 79.7 Å². The van der Waals surface area contributed by atoms with E-state index in [0.717, 1.165) is 22.4 Å². The lowest BCUT2D eigenvalue weighted by molar-refractivity contribution is 0.0954. The molecule has 0 bridgehead atoms. The summed E-state index contributed by atoms with van der Waals surface area (Å²) in [5.74, 6) is 1.20. The average Bonchev–Trinajstić information content (AvgIpc) is 3.30. The molecule has 0 unspecified atom stereocenters. The highest BCUT2D eigenvalue weighted by Crippen LogP contribution is 2.28. The molecule has 0 radical (unpaired) electrons. The summed E-state index contributed by atoms with van der Waals surface area (Å²) >= 11 is 0. The molecule has 0 aliphatic carbocycles. The second-order valence-corrected chi connectivity index (χ2v) is 7.73. The Bertz CT molecular complexity index is 1230. The van der Waals surface area contributed by atoms with Gasteiger partial charge in [-0.3, -0.25) is 4.79 Å². The molecule has 0 saturated heterocycles. The van der Waals surface area contributed by atoms with E-state index in [4.69, 9.17) is 14.6 Å². The summed E-state index contributed by atoms with van der Waals surface area (Å²) in [6.45, 7) is 2.52. The monoisotopic (exact) mass is 441 g/mol. The summed E-state index contributed by atoms with van der Waals surface area (Å²) in [6.07, 6.45) is 2.45. The minimum absolute atomic E-state index is 0.159. The minimum Gasteiger partial charge on any atom is -0.493 e. The van der Waals surface area contributed by atoms with E-state index in [-0.39, 0.29) is 5.91 Å². The summed E-state index contributed by atoms with van der Waals surface area (Å²) in [6, 6.07) is 23.6. The number of rotatable bonds is 8. The van der Waals surface area contributed by atoms with E-state index in [0.29, 0.717) is 35.7 Å². The molecule has 6 heteroatoms. The third-order valence-electron chi connectivity index (χ3n) is 5.45. The van der Waals surface area contributed by atoms with Crippen LogP contribution in [-0.4, -0.2) is 36.5 Å². The van der Waals surface area contributed by atoms with E-state index in [9.17, 15) is 4.79 Å². The molecule has 168 valence electrons. The van der Waals surface area contributed by atoms with E-state index < -0.39 is 0 Å². The molecule has 1 aromatic heterocycles. The van der Waals surface area contributed by atoms with Crippen molar-refractivity contribution in [2.45, 2.75) is 13.3 Å². The van der Waals surface area contributed by atoms with Crippen LogP contribution >= 0.6 is 0 Å². The summed E-state index contributed by atoms with van der Waals surface area (Å²) in [5.41, 5.74) is 5.20. The highest BCUT2D eigenvalue weighted by molar-refractivity contribution is 6.00. The van der Waals surface area contributed by atoms with Gasteiger partial charge in [-0.05, 0) is 43.2 Å². The molecule has 0 aliphatic heterocycles. The molecular formula is C27H27N3O3. The Kier molecular flexibility index (Phi) is 6.74. The van der Waals surface area contributed by atoms with Crippen LogP contribution < -0.4 is 14.8 Å². The van der Waals surface area contributed by atoms with Gasteiger partial charge in [0.05, 0.1) is 25.5 Å². The fraction of sp³-hybridized carbons (Fsp3) is 0.185. The molecule has 4 aromatic rings. The van der Waals surface area contributed by atoms with Gasteiger partial charge in [0, 0.05) is 18.3 Å². The molecule has 0 saturated carbocycles. The standard InChI is InChI=1S/C27H27N3O3/c1-19-9-12-21(13-10-19)26-23(18-30(29-26)22-7-5-4-6-8-22)27(31)28-16-15-20-11-14-24(32-2)25(17-20)33-3/h4-14,17-18H,15-16H2,1-3H3,(H,28,31). The third kappa shape index (κ3) is 5.06. The molecule has 6 nitrogen and oxygen atoms in total. The molecule has 0 atom stereocenters. The fourth-order valence-corrected chi connectivity index (χ4v) is 3.63. The smallest absolute Gasteiger partial charge is 0.255 e. The van der Waals surface area contributed by atoms with Gasteiger partial charge in [0.2, 0.25) is 0 Å². The average molecular weight is 442 g/mol. The Morgan fingerprint density at radius 3 is 2.36 bits per heavy atom. The first-order valence-corrected chi connectivity index (χ1v) is 10.8. The summed E-state index contributed by atoms with van der Waals surface area (Å²) in [4.78, 5) is 13.2. The molecule has 0 aliphatic rings. The fourth-order valence-electron chi connectivity index (χ4n) is 3.63. The van der Waals surface area contributed by atoms with Crippen molar-refractivity contribution < 1.29 is 14.3 Å². The van der Waals surface area contributed by atoms with Crippen molar-refractivity contribution in [1.82, 2.24) is 15.1 Å². The van der Waals surface area contributed by atoms with Gasteiger partial charge in [0.15, 0.2) is 11.5 Å². The lowest BCUT2D eigenvalue weighted by atomic mass is 10.1. The summed E-state index contributed by atoms with van der Waals surface area (Å²) in [7, 11) is 3.22. The first kappa shape index (κ1) is 22.1. The number of carbonyl (C=O) groups excluding carboxylic acids is 1. The number of hydrogen-bond acceptors (Lipinski definition) is 4. The van der Waals surface area contributed by atoms with Crippen LogP contribution in [0.1, 0.15) is 21.5 Å². The number of aromatic nitrogens is 2. The molecular weight excluding hydrogens is 414 g/mol. The Balaban J connectivity index is 1.55. The van der Waals surface area contributed by atoms with Gasteiger partial charge >= 0.3 is 0 Å². The minimum atomic E-state index is -0.159. The molecule has 0 spiro atoms. The van der Waals surface area contributed by atoms with Crippen LogP contribution in [0.3, 0.4) is 0 Å². The van der Waals surface area contributed by atoms with E-state index >= 15 is 0 Å². The van der Waals surface area contributed by atoms with Crippen LogP contribution in [-0.2, 0) is 6.42 Å². The number of carbonyl (C=O) groups is 1. The number of methoxy groups -OCH3 is 2. The van der Waals surface area contributed by atoms with E-state index in [2.05, 4.69) is 5.32 Å². The van der Waals surface area contributed by atoms with Gasteiger partial charge in [-0.1, -0.05) is 54.1 Å². The maximum atomic E-state index is 13.2.